The van der Waals surface area contributed by atoms with E-state index in [0.717, 1.165) is 15.6 Å². The fourth-order valence-electron chi connectivity index (χ4n) is 1.90. The van der Waals surface area contributed by atoms with Crippen molar-refractivity contribution in [3.8, 4) is 18.1 Å². The standard InChI is InChI=1S/C17H15BrFNO/c1-3-8-21-17-7-5-14(18)10-13(17)11-20-16-6-4-12(2)9-15(16)19/h1,4-7,9-10,20H,8,11H2,2H3. The number of aryl methyl sites for hydroxylation is 1. The summed E-state index contributed by atoms with van der Waals surface area (Å²) in [4.78, 5) is 0. The highest BCUT2D eigenvalue weighted by atomic mass is 79.9. The monoisotopic (exact) mass is 347 g/mol. The number of halogens is 2. The molecule has 0 aliphatic heterocycles. The van der Waals surface area contributed by atoms with Crippen LogP contribution in [0.2, 0.25) is 0 Å². The highest BCUT2D eigenvalue weighted by Crippen LogP contribution is 2.25. The molecule has 0 spiro atoms. The average molecular weight is 348 g/mol. The third kappa shape index (κ3) is 4.24. The molecule has 0 atom stereocenters. The van der Waals surface area contributed by atoms with Gasteiger partial charge in [0.25, 0.3) is 0 Å². The quantitative estimate of drug-likeness (QED) is 0.802. The number of anilines is 1. The average Bonchev–Trinajstić information content (AvgIpc) is 2.45. The number of ether oxygens (including phenoxy) is 1. The third-order valence-electron chi connectivity index (χ3n) is 2.93. The van der Waals surface area contributed by atoms with Gasteiger partial charge in [-0.05, 0) is 42.8 Å². The van der Waals surface area contributed by atoms with Gasteiger partial charge in [0.15, 0.2) is 0 Å². The predicted molar refractivity (Wildman–Crippen MR) is 86.9 cm³/mol. The number of hydrogen-bond donors (Lipinski definition) is 1. The number of nitrogens with one attached hydrogen (secondary N) is 1. The molecule has 0 aromatic heterocycles. The molecule has 108 valence electrons. The van der Waals surface area contributed by atoms with Crippen molar-refractivity contribution < 1.29 is 9.13 Å². The van der Waals surface area contributed by atoms with E-state index in [1.54, 1.807) is 6.07 Å². The maximum Gasteiger partial charge on any atom is 0.148 e. The molecule has 2 nitrogen and oxygen atoms in total. The lowest BCUT2D eigenvalue weighted by atomic mass is 10.2. The second-order valence-electron chi connectivity index (χ2n) is 4.58. The fraction of sp³-hybridized carbons (Fsp3) is 0.176. The summed E-state index contributed by atoms with van der Waals surface area (Å²) in [6, 6.07) is 10.7. The minimum Gasteiger partial charge on any atom is -0.481 e. The van der Waals surface area contributed by atoms with Crippen LogP contribution in [0.25, 0.3) is 0 Å². The van der Waals surface area contributed by atoms with E-state index in [1.807, 2.05) is 31.2 Å². The minimum atomic E-state index is -0.268. The van der Waals surface area contributed by atoms with Crippen LogP contribution in [0.4, 0.5) is 10.1 Å². The van der Waals surface area contributed by atoms with Crippen LogP contribution in [-0.2, 0) is 6.54 Å². The van der Waals surface area contributed by atoms with Crippen molar-refractivity contribution in [1.29, 1.82) is 0 Å². The highest BCUT2D eigenvalue weighted by Gasteiger charge is 2.07. The smallest absolute Gasteiger partial charge is 0.148 e. The van der Waals surface area contributed by atoms with E-state index in [-0.39, 0.29) is 12.4 Å². The Kier molecular flexibility index (Phi) is 5.24. The maximum absolute atomic E-state index is 13.8. The van der Waals surface area contributed by atoms with Crippen LogP contribution in [0.15, 0.2) is 40.9 Å². The fourth-order valence-corrected chi connectivity index (χ4v) is 2.31. The van der Waals surface area contributed by atoms with Crippen molar-refractivity contribution >= 4 is 21.6 Å². The SMILES string of the molecule is C#CCOc1ccc(Br)cc1CNc1ccc(C)cc1F. The summed E-state index contributed by atoms with van der Waals surface area (Å²) < 4.78 is 20.2. The molecular weight excluding hydrogens is 333 g/mol. The molecule has 0 radical (unpaired) electrons. The number of terminal acetylenes is 1. The first-order chi connectivity index (χ1) is 10.1. The van der Waals surface area contributed by atoms with Gasteiger partial charge in [-0.2, -0.15) is 0 Å². The molecule has 0 saturated heterocycles. The van der Waals surface area contributed by atoms with E-state index in [2.05, 4.69) is 27.2 Å². The molecule has 2 rings (SSSR count). The van der Waals surface area contributed by atoms with Crippen molar-refractivity contribution in [3.63, 3.8) is 0 Å². The van der Waals surface area contributed by atoms with Gasteiger partial charge in [-0.3, -0.25) is 0 Å². The van der Waals surface area contributed by atoms with E-state index in [1.165, 1.54) is 6.07 Å². The molecule has 21 heavy (non-hydrogen) atoms. The summed E-state index contributed by atoms with van der Waals surface area (Å²) in [6.45, 7) is 2.50. The Morgan fingerprint density at radius 2 is 2.10 bits per heavy atom. The van der Waals surface area contributed by atoms with Crippen molar-refractivity contribution in [2.24, 2.45) is 0 Å². The summed E-state index contributed by atoms with van der Waals surface area (Å²) in [6.07, 6.45) is 5.21. The van der Waals surface area contributed by atoms with E-state index in [4.69, 9.17) is 11.2 Å². The molecule has 0 heterocycles. The Hall–Kier alpha value is -1.99. The van der Waals surface area contributed by atoms with E-state index in [0.29, 0.717) is 18.0 Å². The molecule has 1 N–H and O–H groups in total. The third-order valence-corrected chi connectivity index (χ3v) is 3.42. The van der Waals surface area contributed by atoms with E-state index in [9.17, 15) is 4.39 Å². The van der Waals surface area contributed by atoms with Gasteiger partial charge in [-0.25, -0.2) is 4.39 Å². The van der Waals surface area contributed by atoms with Crippen LogP contribution in [-0.4, -0.2) is 6.61 Å². The van der Waals surface area contributed by atoms with Gasteiger partial charge in [-0.1, -0.05) is 27.9 Å². The Morgan fingerprint density at radius 1 is 1.29 bits per heavy atom. The first-order valence-corrected chi connectivity index (χ1v) is 7.24. The van der Waals surface area contributed by atoms with Crippen LogP contribution >= 0.6 is 15.9 Å². The molecule has 0 unspecified atom stereocenters. The Labute approximate surface area is 132 Å². The maximum atomic E-state index is 13.8. The van der Waals surface area contributed by atoms with Crippen molar-refractivity contribution in [2.75, 3.05) is 11.9 Å². The second kappa shape index (κ2) is 7.14. The zero-order chi connectivity index (χ0) is 15.2. The lowest BCUT2D eigenvalue weighted by molar-refractivity contribution is 0.366. The topological polar surface area (TPSA) is 21.3 Å². The van der Waals surface area contributed by atoms with Gasteiger partial charge in [0, 0.05) is 16.6 Å². The van der Waals surface area contributed by atoms with Crippen LogP contribution in [0.1, 0.15) is 11.1 Å². The largest absolute Gasteiger partial charge is 0.481 e. The molecule has 0 amide bonds. The Bertz CT molecular complexity index is 679. The van der Waals surface area contributed by atoms with Gasteiger partial charge in [0.2, 0.25) is 0 Å². The number of hydrogen-bond acceptors (Lipinski definition) is 2. The zero-order valence-electron chi connectivity index (χ0n) is 11.6. The number of benzene rings is 2. The lowest BCUT2D eigenvalue weighted by Crippen LogP contribution is -2.05. The molecule has 0 aliphatic rings. The van der Waals surface area contributed by atoms with Crippen molar-refractivity contribution in [1.82, 2.24) is 0 Å². The molecule has 0 aliphatic carbocycles. The molecule has 4 heteroatoms. The molecule has 2 aromatic carbocycles. The molecular formula is C17H15BrFNO. The van der Waals surface area contributed by atoms with Crippen molar-refractivity contribution in [2.45, 2.75) is 13.5 Å². The minimum absolute atomic E-state index is 0.202. The first kappa shape index (κ1) is 15.4. The molecule has 2 aromatic rings. The van der Waals surface area contributed by atoms with E-state index >= 15 is 0 Å². The predicted octanol–water partition coefficient (Wildman–Crippen LogP) is 4.52. The Balaban J connectivity index is 2.15. The highest BCUT2D eigenvalue weighted by molar-refractivity contribution is 9.10. The van der Waals surface area contributed by atoms with Crippen LogP contribution in [0.5, 0.6) is 5.75 Å². The summed E-state index contributed by atoms with van der Waals surface area (Å²) >= 11 is 3.42. The normalized spacial score (nSPS) is 10.0. The summed E-state index contributed by atoms with van der Waals surface area (Å²) in [7, 11) is 0. The van der Waals surface area contributed by atoms with Gasteiger partial charge < -0.3 is 10.1 Å². The molecule has 0 fully saturated rings. The number of rotatable bonds is 5. The summed E-state index contributed by atoms with van der Waals surface area (Å²) in [5.74, 6) is 2.86. The van der Waals surface area contributed by atoms with Gasteiger partial charge >= 0.3 is 0 Å². The van der Waals surface area contributed by atoms with Gasteiger partial charge in [0.05, 0.1) is 5.69 Å². The van der Waals surface area contributed by atoms with Crippen LogP contribution in [0.3, 0.4) is 0 Å². The summed E-state index contributed by atoms with van der Waals surface area (Å²) in [5.41, 5.74) is 2.25. The lowest BCUT2D eigenvalue weighted by Gasteiger charge is -2.13. The van der Waals surface area contributed by atoms with Gasteiger partial charge in [0.1, 0.15) is 18.2 Å². The van der Waals surface area contributed by atoms with Crippen LogP contribution in [0, 0.1) is 25.1 Å². The molecule has 0 saturated carbocycles. The van der Waals surface area contributed by atoms with Crippen molar-refractivity contribution in [3.05, 3.63) is 57.8 Å². The van der Waals surface area contributed by atoms with E-state index < -0.39 is 0 Å². The Morgan fingerprint density at radius 3 is 2.81 bits per heavy atom. The first-order valence-electron chi connectivity index (χ1n) is 6.45. The van der Waals surface area contributed by atoms with Gasteiger partial charge in [-0.15, -0.1) is 6.42 Å². The zero-order valence-corrected chi connectivity index (χ0v) is 13.2. The second-order valence-corrected chi connectivity index (χ2v) is 5.50. The summed E-state index contributed by atoms with van der Waals surface area (Å²) in [5, 5.41) is 3.07. The van der Waals surface area contributed by atoms with Crippen LogP contribution < -0.4 is 10.1 Å². The molecule has 0 bridgehead atoms.